The lowest BCUT2D eigenvalue weighted by Gasteiger charge is -2.35. The number of nitrogens with two attached hydrogens (primary N) is 1. The first-order valence-corrected chi connectivity index (χ1v) is 9.38. The number of rotatable bonds is 4. The van der Waals surface area contributed by atoms with Gasteiger partial charge in [-0.15, -0.1) is 0 Å². The van der Waals surface area contributed by atoms with Crippen LogP contribution in [0.3, 0.4) is 0 Å². The molecule has 0 radical (unpaired) electrons. The van der Waals surface area contributed by atoms with Crippen molar-refractivity contribution in [2.45, 2.75) is 38.8 Å². The van der Waals surface area contributed by atoms with Crippen LogP contribution >= 0.6 is 0 Å². The number of hydrogen-bond acceptors (Lipinski definition) is 4. The van der Waals surface area contributed by atoms with Gasteiger partial charge in [-0.2, -0.15) is 0 Å². The number of nitrogens with one attached hydrogen (secondary N) is 2. The first-order valence-electron chi connectivity index (χ1n) is 9.38. The Kier molecular flexibility index (Phi) is 4.62. The lowest BCUT2D eigenvalue weighted by atomic mass is 9.86. The summed E-state index contributed by atoms with van der Waals surface area (Å²) in [5.41, 5.74) is 8.50. The number of aromatic nitrogens is 1. The summed E-state index contributed by atoms with van der Waals surface area (Å²) in [5.74, 6) is 1.34. The van der Waals surface area contributed by atoms with Crippen LogP contribution in [0.1, 0.15) is 34.6 Å². The van der Waals surface area contributed by atoms with Gasteiger partial charge >= 0.3 is 6.03 Å². The molecule has 0 saturated heterocycles. The molecule has 1 aromatic carbocycles. The maximum atomic E-state index is 12.7. The zero-order chi connectivity index (χ0) is 19.8. The Morgan fingerprint density at radius 3 is 2.43 bits per heavy atom. The summed E-state index contributed by atoms with van der Waals surface area (Å²) < 4.78 is 13.3. The number of amides is 3. The van der Waals surface area contributed by atoms with E-state index in [4.69, 9.17) is 15.2 Å². The minimum Gasteiger partial charge on any atom is -0.486 e. The highest BCUT2D eigenvalue weighted by Crippen LogP contribution is 2.33. The van der Waals surface area contributed by atoms with Crippen molar-refractivity contribution in [2.24, 2.45) is 5.73 Å². The van der Waals surface area contributed by atoms with Gasteiger partial charge in [0.1, 0.15) is 13.2 Å². The number of hydrogen-bond donors (Lipinski definition) is 3. The Labute approximate surface area is 163 Å². The highest BCUT2D eigenvalue weighted by molar-refractivity contribution is 5.96. The summed E-state index contributed by atoms with van der Waals surface area (Å²) in [7, 11) is 0. The van der Waals surface area contributed by atoms with E-state index in [1.54, 1.807) is 0 Å². The normalized spacial score (nSPS) is 20.2. The Bertz CT molecular complexity index is 931. The van der Waals surface area contributed by atoms with Crippen LogP contribution in [0.25, 0.3) is 5.69 Å². The minimum atomic E-state index is -0.530. The molecule has 0 atom stereocenters. The molecule has 0 unspecified atom stereocenters. The van der Waals surface area contributed by atoms with Crippen molar-refractivity contribution in [3.8, 4) is 17.2 Å². The second-order valence-corrected chi connectivity index (χ2v) is 7.30. The number of ether oxygens (including phenoxy) is 2. The summed E-state index contributed by atoms with van der Waals surface area (Å²) >= 11 is 0. The summed E-state index contributed by atoms with van der Waals surface area (Å²) in [6.45, 7) is 4.98. The number of aryl methyl sites for hydroxylation is 1. The third kappa shape index (κ3) is 3.37. The molecule has 1 aliphatic carbocycles. The Hall–Kier alpha value is -3.16. The molecule has 148 valence electrons. The SMILES string of the molecule is Cc1cc(C(=O)NC2CC(NC(N)=O)C2)c(C)n1-c1ccc2c(c1)OCCO2. The number of urea groups is 1. The van der Waals surface area contributed by atoms with Crippen LogP contribution in [0.5, 0.6) is 11.5 Å². The quantitative estimate of drug-likeness (QED) is 0.747. The van der Waals surface area contributed by atoms with Gasteiger partial charge in [0.05, 0.1) is 5.56 Å². The molecule has 1 fully saturated rings. The van der Waals surface area contributed by atoms with Crippen LogP contribution in [0.2, 0.25) is 0 Å². The second kappa shape index (κ2) is 7.10. The molecule has 4 N–H and O–H groups in total. The standard InChI is InChI=1S/C20H24N4O4/c1-11-7-16(19(25)22-13-8-14(9-13)23-20(21)26)12(2)24(11)15-3-4-17-18(10-15)28-6-5-27-17/h3-4,7,10,13-14H,5-6,8-9H2,1-2H3,(H,22,25)(H3,21,23,26). The first-order chi connectivity index (χ1) is 13.4. The minimum absolute atomic E-state index is 0.0351. The van der Waals surface area contributed by atoms with E-state index in [2.05, 4.69) is 10.6 Å². The molecule has 8 heteroatoms. The van der Waals surface area contributed by atoms with E-state index in [1.165, 1.54) is 0 Å². The average Bonchev–Trinajstić information content (AvgIpc) is 2.93. The maximum Gasteiger partial charge on any atom is 0.312 e. The highest BCUT2D eigenvalue weighted by Gasteiger charge is 2.32. The zero-order valence-electron chi connectivity index (χ0n) is 16.0. The molecule has 0 bridgehead atoms. The molecule has 28 heavy (non-hydrogen) atoms. The van der Waals surface area contributed by atoms with Crippen molar-refractivity contribution in [1.82, 2.24) is 15.2 Å². The van der Waals surface area contributed by atoms with Crippen molar-refractivity contribution >= 4 is 11.9 Å². The largest absolute Gasteiger partial charge is 0.486 e. The summed E-state index contributed by atoms with van der Waals surface area (Å²) in [4.78, 5) is 23.6. The molecule has 3 amide bonds. The van der Waals surface area contributed by atoms with Crippen molar-refractivity contribution in [3.63, 3.8) is 0 Å². The lowest BCUT2D eigenvalue weighted by Crippen LogP contribution is -2.54. The van der Waals surface area contributed by atoms with Crippen LogP contribution in [0.15, 0.2) is 24.3 Å². The molecular weight excluding hydrogens is 360 g/mol. The van der Waals surface area contributed by atoms with Gasteiger partial charge in [-0.25, -0.2) is 4.79 Å². The predicted octanol–water partition coefficient (Wildman–Crippen LogP) is 1.79. The highest BCUT2D eigenvalue weighted by atomic mass is 16.6. The van der Waals surface area contributed by atoms with Crippen molar-refractivity contribution in [3.05, 3.63) is 41.2 Å². The molecule has 1 aromatic heterocycles. The second-order valence-electron chi connectivity index (χ2n) is 7.30. The predicted molar refractivity (Wildman–Crippen MR) is 103 cm³/mol. The molecule has 4 rings (SSSR count). The molecule has 2 aliphatic rings. The van der Waals surface area contributed by atoms with E-state index in [0.717, 1.165) is 22.8 Å². The van der Waals surface area contributed by atoms with Gasteiger partial charge < -0.3 is 30.4 Å². The van der Waals surface area contributed by atoms with Crippen LogP contribution in [-0.4, -0.2) is 41.8 Å². The summed E-state index contributed by atoms with van der Waals surface area (Å²) in [6, 6.07) is 7.22. The number of carbonyl (C=O) groups is 2. The van der Waals surface area contributed by atoms with Crippen molar-refractivity contribution < 1.29 is 19.1 Å². The zero-order valence-corrected chi connectivity index (χ0v) is 16.0. The van der Waals surface area contributed by atoms with Gasteiger partial charge in [-0.1, -0.05) is 0 Å². The van der Waals surface area contributed by atoms with Crippen LogP contribution < -0.4 is 25.8 Å². The number of carbonyl (C=O) groups excluding carboxylic acids is 2. The van der Waals surface area contributed by atoms with Gasteiger partial charge in [0.15, 0.2) is 11.5 Å². The van der Waals surface area contributed by atoms with Crippen LogP contribution in [0, 0.1) is 13.8 Å². The molecule has 0 spiro atoms. The fraction of sp³-hybridized carbons (Fsp3) is 0.400. The topological polar surface area (TPSA) is 108 Å². The number of benzene rings is 1. The molecule has 1 aliphatic heterocycles. The summed E-state index contributed by atoms with van der Waals surface area (Å²) in [6.07, 6.45) is 1.38. The van der Waals surface area contributed by atoms with E-state index in [-0.39, 0.29) is 18.0 Å². The van der Waals surface area contributed by atoms with E-state index in [0.29, 0.717) is 37.4 Å². The fourth-order valence-electron chi connectivity index (χ4n) is 3.88. The van der Waals surface area contributed by atoms with Crippen LogP contribution in [0.4, 0.5) is 4.79 Å². The van der Waals surface area contributed by atoms with Gasteiger partial charge in [0.25, 0.3) is 5.91 Å². The van der Waals surface area contributed by atoms with Gasteiger partial charge in [0, 0.05) is 35.2 Å². The van der Waals surface area contributed by atoms with Crippen molar-refractivity contribution in [1.29, 1.82) is 0 Å². The fourth-order valence-corrected chi connectivity index (χ4v) is 3.88. The number of fused-ring (bicyclic) bond motifs is 1. The smallest absolute Gasteiger partial charge is 0.312 e. The molecule has 1 saturated carbocycles. The average molecular weight is 384 g/mol. The molecule has 2 aromatic rings. The number of primary amides is 1. The van der Waals surface area contributed by atoms with Crippen LogP contribution in [-0.2, 0) is 0 Å². The van der Waals surface area contributed by atoms with E-state index >= 15 is 0 Å². The lowest BCUT2D eigenvalue weighted by molar-refractivity contribution is 0.0905. The Morgan fingerprint density at radius 2 is 1.71 bits per heavy atom. The van der Waals surface area contributed by atoms with Gasteiger partial charge in [0.2, 0.25) is 0 Å². The Balaban J connectivity index is 1.50. The monoisotopic (exact) mass is 384 g/mol. The van der Waals surface area contributed by atoms with Crippen molar-refractivity contribution in [2.75, 3.05) is 13.2 Å². The number of nitrogens with zero attached hydrogens (tertiary/aromatic N) is 1. The third-order valence-corrected chi connectivity index (χ3v) is 5.28. The maximum absolute atomic E-state index is 12.7. The Morgan fingerprint density at radius 1 is 1.04 bits per heavy atom. The van der Waals surface area contributed by atoms with Gasteiger partial charge in [-0.05, 0) is 44.9 Å². The van der Waals surface area contributed by atoms with E-state index in [9.17, 15) is 9.59 Å². The molecule has 2 heterocycles. The van der Waals surface area contributed by atoms with E-state index in [1.807, 2.05) is 42.7 Å². The van der Waals surface area contributed by atoms with Gasteiger partial charge in [-0.3, -0.25) is 4.79 Å². The van der Waals surface area contributed by atoms with E-state index < -0.39 is 6.03 Å². The summed E-state index contributed by atoms with van der Waals surface area (Å²) in [5, 5.41) is 5.68. The molecule has 8 nitrogen and oxygen atoms in total. The molecular formula is C20H24N4O4. The third-order valence-electron chi connectivity index (χ3n) is 5.28. The first kappa shape index (κ1) is 18.2.